The summed E-state index contributed by atoms with van der Waals surface area (Å²) < 4.78 is 0. The zero-order valence-corrected chi connectivity index (χ0v) is 21.2. The molecule has 0 bridgehead atoms. The van der Waals surface area contributed by atoms with Gasteiger partial charge in [0, 0.05) is 5.56 Å². The van der Waals surface area contributed by atoms with Crippen LogP contribution in [0.15, 0.2) is 84.0 Å². The predicted octanol–water partition coefficient (Wildman–Crippen LogP) is 5.84. The molecule has 186 valence electrons. The van der Waals surface area contributed by atoms with Crippen LogP contribution < -0.4 is 5.48 Å². The molecule has 3 aromatic rings. The molecule has 0 spiro atoms. The Morgan fingerprint density at radius 2 is 1.42 bits per heavy atom. The summed E-state index contributed by atoms with van der Waals surface area (Å²) in [5.74, 6) is -1.33. The Labute approximate surface area is 212 Å². The number of rotatable bonds is 6. The van der Waals surface area contributed by atoms with Crippen LogP contribution in [-0.2, 0) is 31.9 Å². The van der Waals surface area contributed by atoms with Crippen molar-refractivity contribution in [2.45, 2.75) is 58.0 Å². The van der Waals surface area contributed by atoms with Gasteiger partial charge in [0.15, 0.2) is 5.71 Å². The number of benzene rings is 3. The summed E-state index contributed by atoms with van der Waals surface area (Å²) in [4.78, 5) is 36.2. The van der Waals surface area contributed by atoms with Gasteiger partial charge in [0.25, 0.3) is 0 Å². The minimum Gasteiger partial charge on any atom is -0.390 e. The van der Waals surface area contributed by atoms with Gasteiger partial charge in [-0.15, -0.1) is 0 Å². The molecule has 1 aliphatic rings. The lowest BCUT2D eigenvalue weighted by Crippen LogP contribution is -2.36. The number of amides is 1. The van der Waals surface area contributed by atoms with E-state index in [4.69, 9.17) is 9.68 Å². The Kier molecular flexibility index (Phi) is 7.25. The van der Waals surface area contributed by atoms with Gasteiger partial charge < -0.3 is 9.68 Å². The van der Waals surface area contributed by atoms with Crippen molar-refractivity contribution >= 4 is 17.6 Å². The Morgan fingerprint density at radius 3 is 2.08 bits per heavy atom. The quantitative estimate of drug-likeness (QED) is 0.352. The zero-order valence-electron chi connectivity index (χ0n) is 21.2. The molecular weight excluding hydrogens is 452 g/mol. The molecule has 1 aliphatic carbocycles. The molecular formula is C30H32N2O4. The van der Waals surface area contributed by atoms with Gasteiger partial charge in [-0.05, 0) is 58.6 Å². The molecule has 4 rings (SSSR count). The number of hydrogen-bond acceptors (Lipinski definition) is 5. The van der Waals surface area contributed by atoms with Crippen molar-refractivity contribution < 1.29 is 19.3 Å². The number of carbonyl (C=O) groups is 2. The second kappa shape index (κ2) is 10.4. The highest BCUT2D eigenvalue weighted by Gasteiger charge is 2.37. The molecule has 0 saturated heterocycles. The fourth-order valence-electron chi connectivity index (χ4n) is 4.48. The summed E-state index contributed by atoms with van der Waals surface area (Å²) in [6, 6.07) is 24.0. The average molecular weight is 485 g/mol. The fourth-order valence-corrected chi connectivity index (χ4v) is 4.48. The van der Waals surface area contributed by atoms with E-state index in [1.54, 1.807) is 30.3 Å². The second-order valence-electron chi connectivity index (χ2n) is 10.4. The predicted molar refractivity (Wildman–Crippen MR) is 139 cm³/mol. The van der Waals surface area contributed by atoms with Crippen molar-refractivity contribution in [3.63, 3.8) is 0 Å². The molecule has 0 radical (unpaired) electrons. The standard InChI is InChI=1S/C30H32N2O4/c1-29(2)17-18-30(3,4)25-19-23(15-16-24(25)29)26(31-35-20-21-11-7-5-8-12-21)27(33)32-36-28(34)22-13-9-6-10-14-22/h5-16,19H,17-18,20H2,1-4H3,(H,32,33). The Balaban J connectivity index is 1.62. The van der Waals surface area contributed by atoms with Crippen LogP contribution in [-0.4, -0.2) is 17.6 Å². The Hall–Kier alpha value is -3.93. The van der Waals surface area contributed by atoms with Gasteiger partial charge >= 0.3 is 11.9 Å². The number of nitrogens with zero attached hydrogens (tertiary/aromatic N) is 1. The molecule has 0 aromatic heterocycles. The maximum absolute atomic E-state index is 13.2. The van der Waals surface area contributed by atoms with Gasteiger partial charge in [0.2, 0.25) is 0 Å². The van der Waals surface area contributed by atoms with Crippen LogP contribution in [0, 0.1) is 0 Å². The smallest absolute Gasteiger partial charge is 0.362 e. The lowest BCUT2D eigenvalue weighted by atomic mass is 9.63. The van der Waals surface area contributed by atoms with Crippen LogP contribution in [0.3, 0.4) is 0 Å². The molecule has 0 saturated carbocycles. The third-order valence-electron chi connectivity index (χ3n) is 6.82. The summed E-state index contributed by atoms with van der Waals surface area (Å²) in [6.07, 6.45) is 2.12. The van der Waals surface area contributed by atoms with E-state index in [0.29, 0.717) is 11.1 Å². The molecule has 0 atom stereocenters. The third-order valence-corrected chi connectivity index (χ3v) is 6.82. The molecule has 1 N–H and O–H groups in total. The summed E-state index contributed by atoms with van der Waals surface area (Å²) in [7, 11) is 0. The highest BCUT2D eigenvalue weighted by atomic mass is 16.7. The topological polar surface area (TPSA) is 77.0 Å². The van der Waals surface area contributed by atoms with Crippen LogP contribution in [0.2, 0.25) is 0 Å². The van der Waals surface area contributed by atoms with Gasteiger partial charge in [-0.1, -0.05) is 93.5 Å². The van der Waals surface area contributed by atoms with E-state index in [2.05, 4.69) is 44.4 Å². The van der Waals surface area contributed by atoms with Crippen molar-refractivity contribution in [1.82, 2.24) is 5.48 Å². The van der Waals surface area contributed by atoms with E-state index in [1.807, 2.05) is 42.5 Å². The number of oxime groups is 1. The van der Waals surface area contributed by atoms with E-state index in [0.717, 1.165) is 18.4 Å². The Morgan fingerprint density at radius 1 is 0.806 bits per heavy atom. The van der Waals surface area contributed by atoms with Crippen molar-refractivity contribution in [3.05, 3.63) is 107 Å². The van der Waals surface area contributed by atoms with Gasteiger partial charge in [0.05, 0.1) is 5.56 Å². The monoisotopic (exact) mass is 484 g/mol. The van der Waals surface area contributed by atoms with Crippen LogP contribution in [0.25, 0.3) is 0 Å². The minimum atomic E-state index is -0.667. The summed E-state index contributed by atoms with van der Waals surface area (Å²) >= 11 is 0. The summed E-state index contributed by atoms with van der Waals surface area (Å²) in [6.45, 7) is 9.12. The SMILES string of the molecule is CC1(C)CCC(C)(C)c2cc(C(=NOCc3ccccc3)C(=O)NOC(=O)c3ccccc3)ccc21. The normalized spacial score (nSPS) is 15.9. The minimum absolute atomic E-state index is 0.0359. The first-order valence-corrected chi connectivity index (χ1v) is 12.1. The highest BCUT2D eigenvalue weighted by molar-refractivity contribution is 6.45. The fraction of sp³-hybridized carbons (Fsp3) is 0.300. The van der Waals surface area contributed by atoms with Crippen molar-refractivity contribution in [3.8, 4) is 0 Å². The largest absolute Gasteiger partial charge is 0.390 e. The van der Waals surface area contributed by atoms with Crippen LogP contribution >= 0.6 is 0 Å². The van der Waals surface area contributed by atoms with Gasteiger partial charge in [0.1, 0.15) is 6.61 Å². The first-order chi connectivity index (χ1) is 17.2. The lowest BCUT2D eigenvalue weighted by molar-refractivity contribution is -0.123. The van der Waals surface area contributed by atoms with Crippen molar-refractivity contribution in [2.75, 3.05) is 0 Å². The van der Waals surface area contributed by atoms with E-state index in [-0.39, 0.29) is 23.1 Å². The maximum Gasteiger partial charge on any atom is 0.362 e. The molecule has 6 heteroatoms. The van der Waals surface area contributed by atoms with E-state index in [1.165, 1.54) is 11.1 Å². The Bertz CT molecular complexity index is 1260. The lowest BCUT2D eigenvalue weighted by Gasteiger charge is -2.42. The maximum atomic E-state index is 13.2. The van der Waals surface area contributed by atoms with Gasteiger partial charge in [-0.2, -0.15) is 5.48 Å². The summed E-state index contributed by atoms with van der Waals surface area (Å²) in [5.41, 5.74) is 6.57. The average Bonchev–Trinajstić information content (AvgIpc) is 2.89. The van der Waals surface area contributed by atoms with Crippen LogP contribution in [0.4, 0.5) is 0 Å². The second-order valence-corrected chi connectivity index (χ2v) is 10.4. The molecule has 36 heavy (non-hydrogen) atoms. The molecule has 1 amide bonds. The van der Waals surface area contributed by atoms with E-state index >= 15 is 0 Å². The zero-order chi connectivity index (χ0) is 25.8. The van der Waals surface area contributed by atoms with E-state index in [9.17, 15) is 9.59 Å². The first-order valence-electron chi connectivity index (χ1n) is 12.1. The number of hydroxylamine groups is 1. The molecule has 0 fully saturated rings. The van der Waals surface area contributed by atoms with Crippen LogP contribution in [0.1, 0.15) is 73.1 Å². The third kappa shape index (κ3) is 5.65. The highest BCUT2D eigenvalue weighted by Crippen LogP contribution is 2.45. The number of carbonyl (C=O) groups excluding carboxylic acids is 2. The molecule has 3 aromatic carbocycles. The first kappa shape index (κ1) is 25.2. The van der Waals surface area contributed by atoms with Crippen molar-refractivity contribution in [1.29, 1.82) is 0 Å². The molecule has 0 unspecified atom stereocenters. The molecule has 0 heterocycles. The van der Waals surface area contributed by atoms with Crippen LogP contribution in [0.5, 0.6) is 0 Å². The molecule has 6 nitrogen and oxygen atoms in total. The van der Waals surface area contributed by atoms with E-state index < -0.39 is 11.9 Å². The number of fused-ring (bicyclic) bond motifs is 1. The van der Waals surface area contributed by atoms with Crippen molar-refractivity contribution in [2.24, 2.45) is 5.16 Å². The number of hydrogen-bond donors (Lipinski definition) is 1. The van der Waals surface area contributed by atoms with Gasteiger partial charge in [-0.25, -0.2) is 4.79 Å². The molecule has 0 aliphatic heterocycles. The van der Waals surface area contributed by atoms with Gasteiger partial charge in [-0.3, -0.25) is 4.79 Å². The summed E-state index contributed by atoms with van der Waals surface area (Å²) in [5, 5.41) is 4.19. The number of nitrogens with one attached hydrogen (secondary N) is 1.